The Balaban J connectivity index is 1.46. The van der Waals surface area contributed by atoms with Crippen LogP contribution in [0, 0.1) is 0 Å². The van der Waals surface area contributed by atoms with Gasteiger partial charge in [-0.3, -0.25) is 9.89 Å². The first-order valence-electron chi connectivity index (χ1n) is 8.86. The Labute approximate surface area is 147 Å². The van der Waals surface area contributed by atoms with E-state index >= 15 is 0 Å². The second-order valence-corrected chi connectivity index (χ2v) is 7.03. The zero-order valence-electron chi connectivity index (χ0n) is 14.6. The Morgan fingerprint density at radius 2 is 2.08 bits per heavy atom. The van der Waals surface area contributed by atoms with Crippen LogP contribution in [0.5, 0.6) is 11.5 Å². The first kappa shape index (κ1) is 16.0. The number of hydrogen-bond acceptors (Lipinski definition) is 4. The summed E-state index contributed by atoms with van der Waals surface area (Å²) in [5, 5.41) is 7.23. The zero-order valence-corrected chi connectivity index (χ0v) is 14.6. The molecular weight excluding hydrogens is 318 g/mol. The van der Waals surface area contributed by atoms with Crippen molar-refractivity contribution < 1.29 is 14.3 Å². The fraction of sp³-hybridized carbons (Fsp3) is 0.474. The summed E-state index contributed by atoms with van der Waals surface area (Å²) in [4.78, 5) is 14.7. The normalized spacial score (nSPS) is 19.1. The van der Waals surface area contributed by atoms with Gasteiger partial charge in [-0.05, 0) is 44.9 Å². The number of fused-ring (bicyclic) bond motifs is 1. The van der Waals surface area contributed by atoms with Gasteiger partial charge in [0, 0.05) is 17.7 Å². The second-order valence-electron chi connectivity index (χ2n) is 7.03. The minimum absolute atomic E-state index is 0.0503. The average Bonchev–Trinajstić information content (AvgIpc) is 3.35. The molecule has 6 nitrogen and oxygen atoms in total. The van der Waals surface area contributed by atoms with Crippen molar-refractivity contribution in [3.63, 3.8) is 0 Å². The van der Waals surface area contributed by atoms with Gasteiger partial charge < -0.3 is 14.4 Å². The van der Waals surface area contributed by atoms with Crippen LogP contribution in [0.4, 0.5) is 0 Å². The Morgan fingerprint density at radius 1 is 1.32 bits per heavy atom. The molecule has 4 rings (SSSR count). The van der Waals surface area contributed by atoms with E-state index in [0.717, 1.165) is 17.2 Å². The van der Waals surface area contributed by atoms with E-state index in [1.54, 1.807) is 4.90 Å². The van der Waals surface area contributed by atoms with Crippen LogP contribution in [0.1, 0.15) is 48.8 Å². The molecule has 132 valence electrons. The predicted octanol–water partition coefficient (Wildman–Crippen LogP) is 2.98. The van der Waals surface area contributed by atoms with Crippen LogP contribution in [-0.2, 0) is 0 Å². The Kier molecular flexibility index (Phi) is 4.11. The van der Waals surface area contributed by atoms with Gasteiger partial charge in [0.1, 0.15) is 12.3 Å². The van der Waals surface area contributed by atoms with Crippen molar-refractivity contribution in [2.75, 3.05) is 13.2 Å². The highest BCUT2D eigenvalue weighted by atomic mass is 16.6. The molecule has 1 unspecified atom stereocenters. The van der Waals surface area contributed by atoms with Crippen molar-refractivity contribution in [2.24, 2.45) is 0 Å². The smallest absolute Gasteiger partial charge is 0.274 e. The molecule has 2 heterocycles. The third kappa shape index (κ3) is 3.34. The number of aromatic amines is 1. The van der Waals surface area contributed by atoms with Gasteiger partial charge in [0.25, 0.3) is 5.91 Å². The summed E-state index contributed by atoms with van der Waals surface area (Å²) in [6, 6.07) is 9.55. The maximum atomic E-state index is 12.9. The van der Waals surface area contributed by atoms with E-state index in [4.69, 9.17) is 9.47 Å². The van der Waals surface area contributed by atoms with Gasteiger partial charge in [-0.25, -0.2) is 0 Å². The van der Waals surface area contributed by atoms with Crippen LogP contribution in [0.3, 0.4) is 0 Å². The summed E-state index contributed by atoms with van der Waals surface area (Å²) in [5.41, 5.74) is 1.55. The number of benzene rings is 1. The number of H-pyrrole nitrogens is 1. The highest BCUT2D eigenvalue weighted by molar-refractivity contribution is 5.92. The van der Waals surface area contributed by atoms with Gasteiger partial charge in [-0.15, -0.1) is 0 Å². The summed E-state index contributed by atoms with van der Waals surface area (Å²) < 4.78 is 11.8. The SMILES string of the molecule is CC(C)N(CC1COc2ccccc2O1)C(=O)c1cc(C2CC2)[nH]n1. The van der Waals surface area contributed by atoms with E-state index in [-0.39, 0.29) is 18.1 Å². The topological polar surface area (TPSA) is 67.5 Å². The van der Waals surface area contributed by atoms with Crippen LogP contribution in [0.15, 0.2) is 30.3 Å². The highest BCUT2D eigenvalue weighted by Crippen LogP contribution is 2.39. The van der Waals surface area contributed by atoms with Gasteiger partial charge in [-0.2, -0.15) is 5.10 Å². The van der Waals surface area contributed by atoms with Crippen LogP contribution in [-0.4, -0.2) is 46.3 Å². The summed E-state index contributed by atoms with van der Waals surface area (Å²) in [6.45, 7) is 4.91. The fourth-order valence-electron chi connectivity index (χ4n) is 3.10. The largest absolute Gasteiger partial charge is 0.486 e. The van der Waals surface area contributed by atoms with Gasteiger partial charge in [0.15, 0.2) is 17.6 Å². The van der Waals surface area contributed by atoms with E-state index in [0.29, 0.717) is 24.8 Å². The lowest BCUT2D eigenvalue weighted by atomic mass is 10.2. The third-order valence-electron chi connectivity index (χ3n) is 4.69. The van der Waals surface area contributed by atoms with Crippen molar-refractivity contribution in [3.05, 3.63) is 41.7 Å². The minimum Gasteiger partial charge on any atom is -0.486 e. The molecule has 1 fully saturated rings. The van der Waals surface area contributed by atoms with Gasteiger partial charge in [0.2, 0.25) is 0 Å². The van der Waals surface area contributed by atoms with E-state index in [1.165, 1.54) is 12.8 Å². The van der Waals surface area contributed by atoms with Gasteiger partial charge >= 0.3 is 0 Å². The Morgan fingerprint density at radius 3 is 2.80 bits per heavy atom. The van der Waals surface area contributed by atoms with Crippen molar-refractivity contribution in [1.82, 2.24) is 15.1 Å². The Hall–Kier alpha value is -2.50. The standard InChI is InChI=1S/C19H23N3O3/c1-12(2)22(19(23)16-9-15(20-21-16)13-7-8-13)10-14-11-24-17-5-3-4-6-18(17)25-14/h3-6,9,12-14H,7-8,10-11H2,1-2H3,(H,20,21). The molecule has 1 N–H and O–H groups in total. The lowest BCUT2D eigenvalue weighted by Crippen LogP contribution is -2.46. The number of amides is 1. The summed E-state index contributed by atoms with van der Waals surface area (Å²) in [5.74, 6) is 1.96. The number of nitrogens with zero attached hydrogens (tertiary/aromatic N) is 2. The minimum atomic E-state index is -0.192. The molecule has 0 bridgehead atoms. The van der Waals surface area contributed by atoms with Crippen LogP contribution in [0.25, 0.3) is 0 Å². The average molecular weight is 341 g/mol. The summed E-state index contributed by atoms with van der Waals surface area (Å²) >= 11 is 0. The molecule has 1 amide bonds. The first-order valence-corrected chi connectivity index (χ1v) is 8.86. The van der Waals surface area contributed by atoms with Crippen molar-refractivity contribution in [3.8, 4) is 11.5 Å². The maximum absolute atomic E-state index is 12.9. The molecule has 1 atom stereocenters. The first-order chi connectivity index (χ1) is 12.1. The zero-order chi connectivity index (χ0) is 17.4. The van der Waals surface area contributed by atoms with Crippen molar-refractivity contribution >= 4 is 5.91 Å². The number of hydrogen-bond donors (Lipinski definition) is 1. The molecule has 0 saturated heterocycles. The highest BCUT2D eigenvalue weighted by Gasteiger charge is 2.30. The third-order valence-corrected chi connectivity index (χ3v) is 4.69. The lowest BCUT2D eigenvalue weighted by Gasteiger charge is -2.33. The molecule has 0 radical (unpaired) electrons. The molecule has 0 spiro atoms. The number of carbonyl (C=O) groups excluding carboxylic acids is 1. The molecule has 1 aromatic carbocycles. The van der Waals surface area contributed by atoms with Gasteiger partial charge in [-0.1, -0.05) is 12.1 Å². The number of nitrogens with one attached hydrogen (secondary N) is 1. The number of para-hydroxylation sites is 2. The van der Waals surface area contributed by atoms with Gasteiger partial charge in [0.05, 0.1) is 6.54 Å². The number of ether oxygens (including phenoxy) is 2. The van der Waals surface area contributed by atoms with Crippen LogP contribution >= 0.6 is 0 Å². The summed E-state index contributed by atoms with van der Waals surface area (Å²) in [6.07, 6.45) is 2.16. The molecule has 1 aliphatic carbocycles. The maximum Gasteiger partial charge on any atom is 0.274 e. The molecule has 2 aliphatic rings. The molecular formula is C19H23N3O3. The van der Waals surface area contributed by atoms with E-state index < -0.39 is 0 Å². The fourth-order valence-corrected chi connectivity index (χ4v) is 3.10. The molecule has 1 aliphatic heterocycles. The molecule has 1 saturated carbocycles. The summed E-state index contributed by atoms with van der Waals surface area (Å²) in [7, 11) is 0. The van der Waals surface area contributed by atoms with Crippen LogP contribution < -0.4 is 9.47 Å². The molecule has 1 aromatic heterocycles. The number of rotatable bonds is 5. The molecule has 2 aromatic rings. The van der Waals surface area contributed by atoms with E-state index in [2.05, 4.69) is 10.2 Å². The van der Waals surface area contributed by atoms with Crippen molar-refractivity contribution in [1.29, 1.82) is 0 Å². The molecule has 6 heteroatoms. The van der Waals surface area contributed by atoms with E-state index in [9.17, 15) is 4.79 Å². The predicted molar refractivity (Wildman–Crippen MR) is 93.1 cm³/mol. The second kappa shape index (κ2) is 6.43. The number of aromatic nitrogens is 2. The van der Waals surface area contributed by atoms with E-state index in [1.807, 2.05) is 44.2 Å². The number of carbonyl (C=O) groups is 1. The lowest BCUT2D eigenvalue weighted by molar-refractivity contribution is 0.0389. The Bertz CT molecular complexity index is 767. The van der Waals surface area contributed by atoms with Crippen molar-refractivity contribution in [2.45, 2.75) is 44.8 Å². The monoisotopic (exact) mass is 341 g/mol. The van der Waals surface area contributed by atoms with Crippen LogP contribution in [0.2, 0.25) is 0 Å². The molecule has 25 heavy (non-hydrogen) atoms. The quantitative estimate of drug-likeness (QED) is 0.908.